The predicted molar refractivity (Wildman–Crippen MR) is 69.0 cm³/mol. The Morgan fingerprint density at radius 3 is 2.67 bits per heavy atom. The van der Waals surface area contributed by atoms with Gasteiger partial charge < -0.3 is 9.47 Å². The van der Waals surface area contributed by atoms with Crippen molar-refractivity contribution < 1.29 is 14.3 Å². The van der Waals surface area contributed by atoms with E-state index < -0.39 is 0 Å². The zero-order chi connectivity index (χ0) is 13.0. The van der Waals surface area contributed by atoms with Crippen LogP contribution in [0.5, 0.6) is 0 Å². The molecule has 3 nitrogen and oxygen atoms in total. The Labute approximate surface area is 108 Å². The predicted octanol–water partition coefficient (Wildman–Crippen LogP) is 2.93. The van der Waals surface area contributed by atoms with E-state index in [1.165, 1.54) is 0 Å². The minimum atomic E-state index is -0.176. The molecule has 0 radical (unpaired) electrons. The minimum absolute atomic E-state index is 0.0262. The first kappa shape index (κ1) is 13.1. The standard InChI is InChI=1S/C15H20O3/c1-11-8-14(18-12(11)2)9-15(16)17-10-13-6-4-3-5-7-13/h3-7,11-12,14H,8-10H2,1-2H3/t11-,12-,14-/m0/s1. The molecule has 2 rings (SSSR count). The lowest BCUT2D eigenvalue weighted by atomic mass is 10.0. The summed E-state index contributed by atoms with van der Waals surface area (Å²) in [7, 11) is 0. The maximum absolute atomic E-state index is 11.7. The lowest BCUT2D eigenvalue weighted by molar-refractivity contribution is -0.147. The van der Waals surface area contributed by atoms with Crippen LogP contribution in [0.2, 0.25) is 0 Å². The first-order valence-electron chi connectivity index (χ1n) is 6.50. The lowest BCUT2D eigenvalue weighted by Gasteiger charge is -2.10. The zero-order valence-corrected chi connectivity index (χ0v) is 11.0. The number of esters is 1. The number of hydrogen-bond acceptors (Lipinski definition) is 3. The Bertz CT molecular complexity index is 378. The van der Waals surface area contributed by atoms with Gasteiger partial charge in [0.1, 0.15) is 6.61 Å². The van der Waals surface area contributed by atoms with Crippen molar-refractivity contribution in [3.8, 4) is 0 Å². The Balaban J connectivity index is 1.73. The highest BCUT2D eigenvalue weighted by atomic mass is 16.5. The summed E-state index contributed by atoms with van der Waals surface area (Å²) in [6.45, 7) is 4.55. The maximum Gasteiger partial charge on any atom is 0.308 e. The molecular formula is C15H20O3. The Hall–Kier alpha value is -1.35. The molecule has 0 aliphatic carbocycles. The summed E-state index contributed by atoms with van der Waals surface area (Å²) in [5, 5.41) is 0. The van der Waals surface area contributed by atoms with Gasteiger partial charge in [-0.2, -0.15) is 0 Å². The summed E-state index contributed by atoms with van der Waals surface area (Å²) >= 11 is 0. The minimum Gasteiger partial charge on any atom is -0.461 e. The van der Waals surface area contributed by atoms with Gasteiger partial charge in [0.2, 0.25) is 0 Å². The summed E-state index contributed by atoms with van der Waals surface area (Å²) in [4.78, 5) is 11.7. The number of ether oxygens (including phenoxy) is 2. The van der Waals surface area contributed by atoms with E-state index in [0.717, 1.165) is 12.0 Å². The van der Waals surface area contributed by atoms with E-state index in [1.807, 2.05) is 30.3 Å². The van der Waals surface area contributed by atoms with E-state index in [9.17, 15) is 4.79 Å². The van der Waals surface area contributed by atoms with Crippen molar-refractivity contribution in [1.82, 2.24) is 0 Å². The molecule has 1 aliphatic heterocycles. The molecule has 98 valence electrons. The molecule has 3 atom stereocenters. The van der Waals surface area contributed by atoms with E-state index in [4.69, 9.17) is 9.47 Å². The van der Waals surface area contributed by atoms with E-state index in [0.29, 0.717) is 18.9 Å². The largest absolute Gasteiger partial charge is 0.461 e. The molecule has 0 spiro atoms. The third kappa shape index (κ3) is 3.57. The highest BCUT2D eigenvalue weighted by molar-refractivity contribution is 5.70. The number of carbonyl (C=O) groups excluding carboxylic acids is 1. The Morgan fingerprint density at radius 2 is 2.06 bits per heavy atom. The summed E-state index contributed by atoms with van der Waals surface area (Å²) in [5.41, 5.74) is 1.01. The quantitative estimate of drug-likeness (QED) is 0.768. The topological polar surface area (TPSA) is 35.5 Å². The van der Waals surface area contributed by atoms with Crippen LogP contribution >= 0.6 is 0 Å². The fourth-order valence-electron chi connectivity index (χ4n) is 2.21. The molecular weight excluding hydrogens is 228 g/mol. The fourth-order valence-corrected chi connectivity index (χ4v) is 2.21. The van der Waals surface area contributed by atoms with Crippen molar-refractivity contribution in [2.45, 2.75) is 45.5 Å². The van der Waals surface area contributed by atoms with Crippen molar-refractivity contribution in [3.63, 3.8) is 0 Å². The van der Waals surface area contributed by atoms with Crippen LogP contribution in [-0.4, -0.2) is 18.2 Å². The zero-order valence-electron chi connectivity index (χ0n) is 11.0. The third-order valence-electron chi connectivity index (χ3n) is 3.48. The van der Waals surface area contributed by atoms with Gasteiger partial charge in [0.15, 0.2) is 0 Å². The van der Waals surface area contributed by atoms with Gasteiger partial charge in [-0.1, -0.05) is 37.3 Å². The molecule has 0 saturated carbocycles. The summed E-state index contributed by atoms with van der Waals surface area (Å²) in [6.07, 6.45) is 1.58. The number of hydrogen-bond donors (Lipinski definition) is 0. The first-order valence-corrected chi connectivity index (χ1v) is 6.50. The molecule has 0 aromatic heterocycles. The Kier molecular flexibility index (Phi) is 4.37. The molecule has 1 fully saturated rings. The molecule has 1 aromatic rings. The van der Waals surface area contributed by atoms with Crippen LogP contribution in [0.15, 0.2) is 30.3 Å². The van der Waals surface area contributed by atoms with Crippen LogP contribution in [0.4, 0.5) is 0 Å². The molecule has 1 aliphatic rings. The van der Waals surface area contributed by atoms with E-state index >= 15 is 0 Å². The average molecular weight is 248 g/mol. The van der Waals surface area contributed by atoms with Crippen molar-refractivity contribution >= 4 is 5.97 Å². The SMILES string of the molecule is C[C@@H]1O[C@H](CC(=O)OCc2ccccc2)C[C@@H]1C. The van der Waals surface area contributed by atoms with Crippen LogP contribution in [-0.2, 0) is 20.9 Å². The second-order valence-corrected chi connectivity index (χ2v) is 5.03. The van der Waals surface area contributed by atoms with E-state index in [2.05, 4.69) is 13.8 Å². The van der Waals surface area contributed by atoms with Gasteiger partial charge in [-0.25, -0.2) is 0 Å². The first-order chi connectivity index (χ1) is 8.65. The fraction of sp³-hybridized carbons (Fsp3) is 0.533. The highest BCUT2D eigenvalue weighted by Gasteiger charge is 2.30. The molecule has 0 amide bonds. The van der Waals surface area contributed by atoms with E-state index in [-0.39, 0.29) is 18.2 Å². The van der Waals surface area contributed by atoms with Gasteiger partial charge >= 0.3 is 5.97 Å². The summed E-state index contributed by atoms with van der Waals surface area (Å²) in [5.74, 6) is 0.349. The lowest BCUT2D eigenvalue weighted by Crippen LogP contribution is -2.16. The van der Waals surface area contributed by atoms with Gasteiger partial charge in [0.05, 0.1) is 18.6 Å². The van der Waals surface area contributed by atoms with Crippen LogP contribution in [0, 0.1) is 5.92 Å². The molecule has 0 bridgehead atoms. The average Bonchev–Trinajstić information content (AvgIpc) is 2.67. The van der Waals surface area contributed by atoms with Crippen molar-refractivity contribution in [2.75, 3.05) is 0 Å². The van der Waals surface area contributed by atoms with Gasteiger partial charge in [-0.05, 0) is 24.8 Å². The number of benzene rings is 1. The van der Waals surface area contributed by atoms with Gasteiger partial charge in [-0.3, -0.25) is 4.79 Å². The van der Waals surface area contributed by atoms with Gasteiger partial charge in [0.25, 0.3) is 0 Å². The molecule has 0 N–H and O–H groups in total. The van der Waals surface area contributed by atoms with Gasteiger partial charge in [-0.15, -0.1) is 0 Å². The molecule has 1 saturated heterocycles. The summed E-state index contributed by atoms with van der Waals surface area (Å²) < 4.78 is 10.9. The van der Waals surface area contributed by atoms with Gasteiger partial charge in [0, 0.05) is 0 Å². The van der Waals surface area contributed by atoms with Crippen molar-refractivity contribution in [3.05, 3.63) is 35.9 Å². The normalized spacial score (nSPS) is 27.1. The molecule has 1 aromatic carbocycles. The highest BCUT2D eigenvalue weighted by Crippen LogP contribution is 2.27. The molecule has 18 heavy (non-hydrogen) atoms. The number of carbonyl (C=O) groups is 1. The Morgan fingerprint density at radius 1 is 1.33 bits per heavy atom. The molecule has 0 unspecified atom stereocenters. The second-order valence-electron chi connectivity index (χ2n) is 5.03. The maximum atomic E-state index is 11.7. The van der Waals surface area contributed by atoms with Crippen LogP contribution in [0.3, 0.4) is 0 Å². The second kappa shape index (κ2) is 6.01. The van der Waals surface area contributed by atoms with Crippen molar-refractivity contribution in [1.29, 1.82) is 0 Å². The smallest absolute Gasteiger partial charge is 0.308 e. The van der Waals surface area contributed by atoms with Crippen LogP contribution < -0.4 is 0 Å². The number of rotatable bonds is 4. The van der Waals surface area contributed by atoms with E-state index in [1.54, 1.807) is 0 Å². The van der Waals surface area contributed by atoms with Crippen molar-refractivity contribution in [2.24, 2.45) is 5.92 Å². The molecule has 3 heteroatoms. The van der Waals surface area contributed by atoms with Crippen LogP contribution in [0.25, 0.3) is 0 Å². The third-order valence-corrected chi connectivity index (χ3v) is 3.48. The molecule has 1 heterocycles. The van der Waals surface area contributed by atoms with Crippen LogP contribution in [0.1, 0.15) is 32.3 Å². The monoisotopic (exact) mass is 248 g/mol. The summed E-state index contributed by atoms with van der Waals surface area (Å²) in [6, 6.07) is 9.71.